The molecule has 0 fully saturated rings. The van der Waals surface area contributed by atoms with Gasteiger partial charge >= 0.3 is 217 Å². The maximum absolute atomic E-state index is 5.91. The Balaban J connectivity index is 1.71. The van der Waals surface area contributed by atoms with E-state index in [9.17, 15) is 0 Å². The van der Waals surface area contributed by atoms with Crippen molar-refractivity contribution in [2.24, 2.45) is 0 Å². The second-order valence-corrected chi connectivity index (χ2v) is 15.3. The fraction of sp³-hybridized carbons (Fsp3) is 0.121. The molecule has 0 saturated heterocycles. The first-order valence-corrected chi connectivity index (χ1v) is 15.9. The Bertz CT molecular complexity index is 1470. The van der Waals surface area contributed by atoms with E-state index in [0.29, 0.717) is 0 Å². The van der Waals surface area contributed by atoms with Crippen molar-refractivity contribution >= 4 is 6.48 Å². The number of allylic oxidation sites excluding steroid dienone is 4. The Morgan fingerprint density at radius 2 is 1.43 bits per heavy atom. The molecule has 4 aromatic carbocycles. The molecule has 1 nitrogen and oxygen atoms in total. The van der Waals surface area contributed by atoms with Gasteiger partial charge in [-0.05, 0) is 0 Å². The summed E-state index contributed by atoms with van der Waals surface area (Å²) in [5, 5.41) is 0. The van der Waals surface area contributed by atoms with Gasteiger partial charge in [-0.1, -0.05) is 0 Å². The number of fused-ring (bicyclic) bond motifs is 3. The molecule has 0 aliphatic heterocycles. The summed E-state index contributed by atoms with van der Waals surface area (Å²) < 4.78 is 10.7. The van der Waals surface area contributed by atoms with Crippen molar-refractivity contribution in [1.29, 1.82) is 0 Å². The van der Waals surface area contributed by atoms with Crippen LogP contribution in [0.1, 0.15) is 35.6 Å². The molecule has 0 heterocycles. The zero-order chi connectivity index (χ0) is 23.8. The average Bonchev–Trinajstić information content (AvgIpc) is 3.52. The Morgan fingerprint density at radius 1 is 0.771 bits per heavy atom. The number of hydrogen-bond acceptors (Lipinski definition) is 1. The molecule has 0 unspecified atom stereocenters. The van der Waals surface area contributed by atoms with Crippen molar-refractivity contribution in [3.63, 3.8) is 0 Å². The van der Waals surface area contributed by atoms with Gasteiger partial charge in [0, 0.05) is 0 Å². The average molecular weight is 532 g/mol. The van der Waals surface area contributed by atoms with Gasteiger partial charge < -0.3 is 0 Å². The van der Waals surface area contributed by atoms with E-state index in [1.807, 2.05) is 0 Å². The van der Waals surface area contributed by atoms with Crippen LogP contribution >= 0.6 is 0 Å². The van der Waals surface area contributed by atoms with Gasteiger partial charge in [0.15, 0.2) is 0 Å². The second-order valence-electron chi connectivity index (χ2n) is 9.31. The molecule has 4 aromatic rings. The Hall–Kier alpha value is -3.09. The first kappa shape index (κ1) is 22.4. The van der Waals surface area contributed by atoms with E-state index in [4.69, 9.17) is 4.74 Å². The van der Waals surface area contributed by atoms with Gasteiger partial charge in [0.2, 0.25) is 0 Å². The molecule has 0 amide bonds. The van der Waals surface area contributed by atoms with Crippen molar-refractivity contribution in [3.05, 3.63) is 140 Å². The van der Waals surface area contributed by atoms with Crippen LogP contribution in [0.5, 0.6) is 5.75 Å². The first-order chi connectivity index (χ1) is 17.2. The summed E-state index contributed by atoms with van der Waals surface area (Å²) >= 11 is -2.60. The van der Waals surface area contributed by atoms with Gasteiger partial charge in [0.1, 0.15) is 0 Å². The third-order valence-corrected chi connectivity index (χ3v) is 14.7. The van der Waals surface area contributed by atoms with E-state index < -0.39 is 21.3 Å². The number of methoxy groups -OCH3 is 1. The standard InChI is InChI=1S/C14H11O.C13H10.C6H7.Zr/c1-15-13-8-4-6-11-9-10-5-2-3-7-12(10)14(11)13;1-3-7-12(8-4-1)11-13-9-5-2-6-10-13;1-6-4-2-3-5-6;/h2-5,7-8H,9H2,1H3;1-10H;4-5H,2H2,1H3;. The van der Waals surface area contributed by atoms with Crippen molar-refractivity contribution < 1.29 is 26.0 Å². The van der Waals surface area contributed by atoms with Crippen LogP contribution in [0, 0.1) is 0 Å². The Labute approximate surface area is 215 Å². The van der Waals surface area contributed by atoms with E-state index in [2.05, 4.69) is 116 Å². The van der Waals surface area contributed by atoms with E-state index in [-0.39, 0.29) is 0 Å². The summed E-state index contributed by atoms with van der Waals surface area (Å²) in [6.45, 7) is 2.24. The molecule has 0 aromatic heterocycles. The summed E-state index contributed by atoms with van der Waals surface area (Å²) in [6, 6.07) is 35.7. The molecule has 6 rings (SSSR count). The van der Waals surface area contributed by atoms with Crippen LogP contribution in [-0.2, 0) is 27.7 Å². The maximum atomic E-state index is 5.91. The van der Waals surface area contributed by atoms with Gasteiger partial charge in [-0.2, -0.15) is 0 Å². The van der Waals surface area contributed by atoms with Gasteiger partial charge in [-0.25, -0.2) is 0 Å². The van der Waals surface area contributed by atoms with Crippen molar-refractivity contribution in [2.45, 2.75) is 19.8 Å². The normalized spacial score (nSPS) is 13.5. The quantitative estimate of drug-likeness (QED) is 0.237. The topological polar surface area (TPSA) is 9.23 Å². The minimum atomic E-state index is -2.60. The summed E-state index contributed by atoms with van der Waals surface area (Å²) in [6.07, 6.45) is 6.94. The summed E-state index contributed by atoms with van der Waals surface area (Å²) in [5.74, 6) is 0.993. The van der Waals surface area contributed by atoms with Gasteiger partial charge in [0.05, 0.1) is 0 Å². The minimum absolute atomic E-state index is 0.985. The molecule has 2 aliphatic carbocycles. The Morgan fingerprint density at radius 3 is 2.06 bits per heavy atom. The molecule has 0 atom stereocenters. The van der Waals surface area contributed by atoms with Crippen molar-refractivity contribution in [3.8, 4) is 16.9 Å². The van der Waals surface area contributed by atoms with Crippen LogP contribution in [-0.4, -0.2) is 10.3 Å². The zero-order valence-electron chi connectivity index (χ0n) is 20.2. The van der Waals surface area contributed by atoms with Crippen LogP contribution < -0.4 is 8.01 Å². The molecule has 35 heavy (non-hydrogen) atoms. The Kier molecular flexibility index (Phi) is 6.09. The van der Waals surface area contributed by atoms with E-state index >= 15 is 0 Å². The third-order valence-electron chi connectivity index (χ3n) is 7.16. The molecule has 0 bridgehead atoms. The first-order valence-electron chi connectivity index (χ1n) is 12.3. The number of hydrogen-bond donors (Lipinski definition) is 0. The third kappa shape index (κ3) is 4.05. The fourth-order valence-corrected chi connectivity index (χ4v) is 13.7. The summed E-state index contributed by atoms with van der Waals surface area (Å²) in [4.78, 5) is 0. The molecule has 2 aliphatic rings. The molecule has 2 heteroatoms. The van der Waals surface area contributed by atoms with Crippen LogP contribution in [0.15, 0.2) is 118 Å². The van der Waals surface area contributed by atoms with Crippen molar-refractivity contribution in [2.75, 3.05) is 7.11 Å². The SMILES string of the molecule is COc1cc[c]([Zr]([C]2=CC(C)=CC2)=[C](c2ccccc2)c2ccccc2)c2c1-c1ccccc1C2. The number of ether oxygens (including phenoxy) is 1. The predicted octanol–water partition coefficient (Wildman–Crippen LogP) is 7.01. The van der Waals surface area contributed by atoms with Crippen molar-refractivity contribution in [1.82, 2.24) is 0 Å². The molecule has 0 radical (unpaired) electrons. The number of benzene rings is 4. The fourth-order valence-electron chi connectivity index (χ4n) is 5.59. The van der Waals surface area contributed by atoms with Crippen LogP contribution in [0.25, 0.3) is 11.1 Å². The predicted molar refractivity (Wildman–Crippen MR) is 143 cm³/mol. The van der Waals surface area contributed by atoms with Crippen LogP contribution in [0.3, 0.4) is 0 Å². The van der Waals surface area contributed by atoms with E-state index in [1.165, 1.54) is 39.0 Å². The summed E-state index contributed by atoms with van der Waals surface area (Å²) in [7, 11) is 1.80. The van der Waals surface area contributed by atoms with E-state index in [0.717, 1.165) is 18.6 Å². The van der Waals surface area contributed by atoms with E-state index in [1.54, 1.807) is 16.9 Å². The number of rotatable bonds is 5. The molecule has 0 spiro atoms. The molecular formula is C33H28OZr. The van der Waals surface area contributed by atoms with Crippen LogP contribution in [0.2, 0.25) is 0 Å². The zero-order valence-corrected chi connectivity index (χ0v) is 22.7. The van der Waals surface area contributed by atoms with Crippen LogP contribution in [0.4, 0.5) is 0 Å². The molecule has 0 saturated carbocycles. The summed E-state index contributed by atoms with van der Waals surface area (Å²) in [5.41, 5.74) is 9.65. The molecule has 0 N–H and O–H groups in total. The van der Waals surface area contributed by atoms with Gasteiger partial charge in [-0.3, -0.25) is 0 Å². The second kappa shape index (κ2) is 9.52. The molecule has 170 valence electrons. The monoisotopic (exact) mass is 530 g/mol. The van der Waals surface area contributed by atoms with Gasteiger partial charge in [-0.15, -0.1) is 0 Å². The molecular weight excluding hydrogens is 504 g/mol. The van der Waals surface area contributed by atoms with Gasteiger partial charge in [0.25, 0.3) is 0 Å².